The summed E-state index contributed by atoms with van der Waals surface area (Å²) in [5.74, 6) is 0.454. The van der Waals surface area contributed by atoms with Crippen molar-refractivity contribution in [2.75, 3.05) is 20.1 Å². The molecule has 1 saturated carbocycles. The number of nitrogens with zero attached hydrogens (tertiary/aromatic N) is 1. The third-order valence-electron chi connectivity index (χ3n) is 4.90. The first kappa shape index (κ1) is 14.5. The Morgan fingerprint density at radius 1 is 1.33 bits per heavy atom. The predicted octanol–water partition coefficient (Wildman–Crippen LogP) is 2.66. The van der Waals surface area contributed by atoms with Crippen LogP contribution in [0.25, 0.3) is 0 Å². The molecule has 1 heterocycles. The second-order valence-electron chi connectivity index (χ2n) is 6.31. The summed E-state index contributed by atoms with van der Waals surface area (Å²) in [6.45, 7) is 2.88. The van der Waals surface area contributed by atoms with Gasteiger partial charge in [0.15, 0.2) is 0 Å². The molecule has 0 radical (unpaired) electrons. The molecule has 3 nitrogen and oxygen atoms in total. The summed E-state index contributed by atoms with van der Waals surface area (Å²) >= 11 is 0. The number of rotatable bonds is 4. The fourth-order valence-electron chi connectivity index (χ4n) is 3.44. The molecule has 1 N–H and O–H groups in total. The van der Waals surface area contributed by atoms with E-state index in [4.69, 9.17) is 0 Å². The molecule has 0 atom stereocenters. The smallest absolute Gasteiger partial charge is 0.222 e. The van der Waals surface area contributed by atoms with E-state index in [9.17, 15) is 9.18 Å². The number of nitrogens with one attached hydrogen (secondary N) is 1. The van der Waals surface area contributed by atoms with Crippen LogP contribution in [0.4, 0.5) is 4.39 Å². The molecule has 1 amide bonds. The lowest BCUT2D eigenvalue weighted by Gasteiger charge is -2.34. The number of hydrogen-bond acceptors (Lipinski definition) is 2. The lowest BCUT2D eigenvalue weighted by Crippen LogP contribution is -2.36. The Bertz CT molecular complexity index is 520. The lowest BCUT2D eigenvalue weighted by atomic mass is 9.71. The van der Waals surface area contributed by atoms with Gasteiger partial charge in [-0.15, -0.1) is 0 Å². The Kier molecular flexibility index (Phi) is 4.24. The second kappa shape index (κ2) is 6.14. The summed E-state index contributed by atoms with van der Waals surface area (Å²) in [7, 11) is 1.67. The van der Waals surface area contributed by atoms with E-state index < -0.39 is 0 Å². The normalized spacial score (nSPS) is 25.6. The minimum absolute atomic E-state index is 0.0946. The number of benzene rings is 1. The van der Waals surface area contributed by atoms with Gasteiger partial charge in [-0.25, -0.2) is 4.39 Å². The minimum Gasteiger partial charge on any atom is -0.359 e. The molecule has 0 unspecified atom stereocenters. The molecule has 1 aliphatic heterocycles. The number of halogens is 1. The van der Waals surface area contributed by atoms with Crippen LogP contribution in [-0.4, -0.2) is 30.9 Å². The van der Waals surface area contributed by atoms with Crippen molar-refractivity contribution in [1.82, 2.24) is 10.2 Å². The van der Waals surface area contributed by atoms with Crippen molar-refractivity contribution < 1.29 is 9.18 Å². The Labute approximate surface area is 125 Å². The van der Waals surface area contributed by atoms with E-state index in [1.165, 1.54) is 12.8 Å². The molecule has 0 bridgehead atoms. The Morgan fingerprint density at radius 2 is 2.05 bits per heavy atom. The van der Waals surface area contributed by atoms with Crippen LogP contribution in [0.1, 0.15) is 42.7 Å². The zero-order valence-electron chi connectivity index (χ0n) is 12.6. The number of carbonyl (C=O) groups excluding carboxylic acids is 1. The van der Waals surface area contributed by atoms with Gasteiger partial charge in [0, 0.05) is 25.1 Å². The van der Waals surface area contributed by atoms with Gasteiger partial charge in [-0.2, -0.15) is 0 Å². The molecule has 1 aromatic carbocycles. The van der Waals surface area contributed by atoms with Gasteiger partial charge in [0.25, 0.3) is 0 Å². The van der Waals surface area contributed by atoms with Gasteiger partial charge in [-0.05, 0) is 56.3 Å². The molecular formula is C17H23FN2O. The monoisotopic (exact) mass is 290 g/mol. The first-order chi connectivity index (χ1) is 10.2. The van der Waals surface area contributed by atoms with E-state index in [2.05, 4.69) is 10.2 Å². The van der Waals surface area contributed by atoms with Crippen molar-refractivity contribution in [2.24, 2.45) is 5.92 Å². The van der Waals surface area contributed by atoms with Crippen molar-refractivity contribution in [2.45, 2.75) is 38.1 Å². The molecule has 21 heavy (non-hydrogen) atoms. The Morgan fingerprint density at radius 3 is 2.67 bits per heavy atom. The summed E-state index contributed by atoms with van der Waals surface area (Å²) < 4.78 is 14.2. The van der Waals surface area contributed by atoms with Crippen LogP contribution >= 0.6 is 0 Å². The zero-order chi connectivity index (χ0) is 14.8. The van der Waals surface area contributed by atoms with Gasteiger partial charge in [-0.3, -0.25) is 9.69 Å². The number of hydrogen-bond donors (Lipinski definition) is 1. The van der Waals surface area contributed by atoms with Gasteiger partial charge in [0.05, 0.1) is 0 Å². The molecule has 114 valence electrons. The first-order valence-corrected chi connectivity index (χ1v) is 7.89. The zero-order valence-corrected chi connectivity index (χ0v) is 12.6. The van der Waals surface area contributed by atoms with Crippen molar-refractivity contribution in [1.29, 1.82) is 0 Å². The SMILES string of the molecule is CNC(=O)C1CC(c2ccc(CN3CCCC3)c(F)c2)C1. The Balaban J connectivity index is 1.61. The molecule has 1 saturated heterocycles. The van der Waals surface area contributed by atoms with Crippen LogP contribution in [0.5, 0.6) is 0 Å². The molecule has 2 aliphatic rings. The summed E-state index contributed by atoms with van der Waals surface area (Å²) in [5.41, 5.74) is 1.83. The van der Waals surface area contributed by atoms with Gasteiger partial charge >= 0.3 is 0 Å². The summed E-state index contributed by atoms with van der Waals surface area (Å²) in [4.78, 5) is 13.8. The standard InChI is InChI=1S/C17H23FN2O/c1-19-17(21)15-8-14(9-15)12-4-5-13(16(18)10-12)11-20-6-2-3-7-20/h4-5,10,14-15H,2-3,6-9,11H2,1H3,(H,19,21). The van der Waals surface area contributed by atoms with Crippen LogP contribution in [-0.2, 0) is 11.3 Å². The summed E-state index contributed by atoms with van der Waals surface area (Å²) in [5, 5.41) is 2.68. The third kappa shape index (κ3) is 3.10. The second-order valence-corrected chi connectivity index (χ2v) is 6.31. The summed E-state index contributed by atoms with van der Waals surface area (Å²) in [6, 6.07) is 5.64. The topological polar surface area (TPSA) is 32.3 Å². The highest BCUT2D eigenvalue weighted by Gasteiger charge is 2.35. The van der Waals surface area contributed by atoms with Gasteiger partial charge in [0.1, 0.15) is 5.82 Å². The maximum Gasteiger partial charge on any atom is 0.222 e. The van der Waals surface area contributed by atoms with E-state index >= 15 is 0 Å². The fraction of sp³-hybridized carbons (Fsp3) is 0.588. The van der Waals surface area contributed by atoms with Gasteiger partial charge in [0.2, 0.25) is 5.91 Å². The van der Waals surface area contributed by atoms with E-state index in [0.29, 0.717) is 5.92 Å². The molecular weight excluding hydrogens is 267 g/mol. The average molecular weight is 290 g/mol. The van der Waals surface area contributed by atoms with Crippen molar-refractivity contribution >= 4 is 5.91 Å². The highest BCUT2D eigenvalue weighted by molar-refractivity contribution is 5.79. The molecule has 4 heteroatoms. The van der Waals surface area contributed by atoms with E-state index in [0.717, 1.165) is 43.6 Å². The maximum absolute atomic E-state index is 14.2. The van der Waals surface area contributed by atoms with Gasteiger partial charge < -0.3 is 5.32 Å². The predicted molar refractivity (Wildman–Crippen MR) is 80.4 cm³/mol. The highest BCUT2D eigenvalue weighted by Crippen LogP contribution is 2.42. The number of carbonyl (C=O) groups is 1. The lowest BCUT2D eigenvalue weighted by molar-refractivity contribution is -0.127. The fourth-order valence-corrected chi connectivity index (χ4v) is 3.44. The molecule has 2 fully saturated rings. The van der Waals surface area contributed by atoms with E-state index in [1.54, 1.807) is 13.1 Å². The van der Waals surface area contributed by atoms with Crippen LogP contribution < -0.4 is 5.32 Å². The molecule has 1 aromatic rings. The van der Waals surface area contributed by atoms with Crippen LogP contribution in [0.15, 0.2) is 18.2 Å². The summed E-state index contributed by atoms with van der Waals surface area (Å²) in [6.07, 6.45) is 4.13. The first-order valence-electron chi connectivity index (χ1n) is 7.89. The largest absolute Gasteiger partial charge is 0.359 e. The van der Waals surface area contributed by atoms with Crippen LogP contribution in [0.2, 0.25) is 0 Å². The quantitative estimate of drug-likeness (QED) is 0.924. The van der Waals surface area contributed by atoms with Crippen molar-refractivity contribution in [3.8, 4) is 0 Å². The number of amides is 1. The Hall–Kier alpha value is -1.42. The molecule has 1 aliphatic carbocycles. The van der Waals surface area contributed by atoms with Gasteiger partial charge in [-0.1, -0.05) is 12.1 Å². The molecule has 0 spiro atoms. The highest BCUT2D eigenvalue weighted by atomic mass is 19.1. The molecule has 3 rings (SSSR count). The number of likely N-dealkylation sites (tertiary alicyclic amines) is 1. The average Bonchev–Trinajstić information content (AvgIpc) is 2.93. The van der Waals surface area contributed by atoms with Crippen LogP contribution in [0, 0.1) is 11.7 Å². The van der Waals surface area contributed by atoms with Crippen molar-refractivity contribution in [3.63, 3.8) is 0 Å². The molecule has 0 aromatic heterocycles. The van der Waals surface area contributed by atoms with Crippen LogP contribution in [0.3, 0.4) is 0 Å². The third-order valence-corrected chi connectivity index (χ3v) is 4.90. The van der Waals surface area contributed by atoms with E-state index in [-0.39, 0.29) is 17.6 Å². The maximum atomic E-state index is 14.2. The van der Waals surface area contributed by atoms with Crippen molar-refractivity contribution in [3.05, 3.63) is 35.1 Å². The minimum atomic E-state index is -0.0946. The van der Waals surface area contributed by atoms with E-state index in [1.807, 2.05) is 12.1 Å².